The van der Waals surface area contributed by atoms with E-state index in [1.807, 2.05) is 35.2 Å². The molecule has 0 bridgehead atoms. The summed E-state index contributed by atoms with van der Waals surface area (Å²) in [5, 5.41) is 0. The van der Waals surface area contributed by atoms with Crippen LogP contribution >= 0.6 is 0 Å². The lowest BCUT2D eigenvalue weighted by Crippen LogP contribution is -3.15. The lowest BCUT2D eigenvalue weighted by Gasteiger charge is -2.32. The average molecular weight is 364 g/mol. The van der Waals surface area contributed by atoms with Gasteiger partial charge in [0.1, 0.15) is 0 Å². The van der Waals surface area contributed by atoms with Crippen LogP contribution in [0.25, 0.3) is 0 Å². The average Bonchev–Trinajstić information content (AvgIpc) is 2.97. The maximum Gasteiger partial charge on any atom is 0.261 e. The molecule has 0 spiro atoms. The highest BCUT2D eigenvalue weighted by Gasteiger charge is 2.36. The highest BCUT2D eigenvalue weighted by molar-refractivity contribution is 6.21. The molecular formula is C21H22N3O3+. The van der Waals surface area contributed by atoms with Crippen LogP contribution in [0.5, 0.6) is 0 Å². The van der Waals surface area contributed by atoms with Crippen molar-refractivity contribution in [3.63, 3.8) is 0 Å². The number of fused-ring (bicyclic) bond motifs is 1. The van der Waals surface area contributed by atoms with Gasteiger partial charge in [0.2, 0.25) is 0 Å². The molecule has 0 aromatic heterocycles. The first-order chi connectivity index (χ1) is 13.1. The van der Waals surface area contributed by atoms with Gasteiger partial charge in [0.05, 0.1) is 50.4 Å². The fourth-order valence-electron chi connectivity index (χ4n) is 3.75. The summed E-state index contributed by atoms with van der Waals surface area (Å²) in [6, 6.07) is 16.3. The normalized spacial score (nSPS) is 17.3. The summed E-state index contributed by atoms with van der Waals surface area (Å²) in [6.45, 7) is 4.13. The minimum atomic E-state index is -0.201. The van der Waals surface area contributed by atoms with E-state index < -0.39 is 0 Å². The van der Waals surface area contributed by atoms with Crippen LogP contribution in [-0.2, 0) is 0 Å². The molecule has 3 amide bonds. The first-order valence-electron chi connectivity index (χ1n) is 9.28. The Morgan fingerprint density at radius 1 is 0.852 bits per heavy atom. The van der Waals surface area contributed by atoms with Crippen LogP contribution in [0.4, 0.5) is 0 Å². The van der Waals surface area contributed by atoms with Gasteiger partial charge in [0.25, 0.3) is 17.7 Å². The molecule has 4 rings (SSSR count). The van der Waals surface area contributed by atoms with E-state index in [9.17, 15) is 14.4 Å². The molecule has 6 nitrogen and oxygen atoms in total. The van der Waals surface area contributed by atoms with Crippen molar-refractivity contribution in [2.45, 2.75) is 0 Å². The molecule has 0 saturated carbocycles. The van der Waals surface area contributed by atoms with Crippen molar-refractivity contribution < 1.29 is 19.3 Å². The van der Waals surface area contributed by atoms with Gasteiger partial charge in [-0.15, -0.1) is 0 Å². The van der Waals surface area contributed by atoms with Gasteiger partial charge >= 0.3 is 0 Å². The fourth-order valence-corrected chi connectivity index (χ4v) is 3.75. The summed E-state index contributed by atoms with van der Waals surface area (Å²) in [4.78, 5) is 41.9. The smallest absolute Gasteiger partial charge is 0.261 e. The van der Waals surface area contributed by atoms with E-state index in [1.54, 1.807) is 24.3 Å². The fraction of sp³-hybridized carbons (Fsp3) is 0.286. The highest BCUT2D eigenvalue weighted by Crippen LogP contribution is 2.21. The van der Waals surface area contributed by atoms with Crippen LogP contribution in [0.3, 0.4) is 0 Å². The van der Waals surface area contributed by atoms with Crippen LogP contribution in [0.1, 0.15) is 31.1 Å². The number of nitrogens with one attached hydrogen (secondary N) is 1. The van der Waals surface area contributed by atoms with Gasteiger partial charge < -0.3 is 9.80 Å². The first kappa shape index (κ1) is 17.4. The predicted octanol–water partition coefficient (Wildman–Crippen LogP) is 0.324. The van der Waals surface area contributed by atoms with Gasteiger partial charge in [-0.25, -0.2) is 0 Å². The first-order valence-corrected chi connectivity index (χ1v) is 9.28. The second kappa shape index (κ2) is 7.32. The van der Waals surface area contributed by atoms with Crippen LogP contribution in [0.15, 0.2) is 54.6 Å². The number of quaternary nitrogens is 1. The van der Waals surface area contributed by atoms with Gasteiger partial charge in [-0.05, 0) is 24.3 Å². The Labute approximate surface area is 158 Å². The monoisotopic (exact) mass is 364 g/mol. The molecule has 1 N–H and O–H groups in total. The van der Waals surface area contributed by atoms with Gasteiger partial charge in [-0.2, -0.15) is 0 Å². The molecule has 27 heavy (non-hydrogen) atoms. The summed E-state index contributed by atoms with van der Waals surface area (Å²) < 4.78 is 0. The van der Waals surface area contributed by atoms with Crippen molar-refractivity contribution in [2.75, 3.05) is 39.3 Å². The maximum atomic E-state index is 12.5. The second-order valence-corrected chi connectivity index (χ2v) is 6.97. The third-order valence-electron chi connectivity index (χ3n) is 5.35. The molecule has 0 atom stereocenters. The number of carbonyl (C=O) groups is 3. The summed E-state index contributed by atoms with van der Waals surface area (Å²) in [6.07, 6.45) is 0. The van der Waals surface area contributed by atoms with Crippen LogP contribution < -0.4 is 4.90 Å². The lowest BCUT2D eigenvalue weighted by molar-refractivity contribution is -0.903. The molecule has 2 aliphatic rings. The quantitative estimate of drug-likeness (QED) is 0.795. The van der Waals surface area contributed by atoms with Gasteiger partial charge in [0.15, 0.2) is 0 Å². The molecule has 138 valence electrons. The Balaban J connectivity index is 1.30. The topological polar surface area (TPSA) is 62.1 Å². The molecule has 1 fully saturated rings. The van der Waals surface area contributed by atoms with Crippen LogP contribution in [-0.4, -0.2) is 66.8 Å². The number of rotatable bonds is 4. The zero-order valence-corrected chi connectivity index (χ0v) is 15.1. The molecule has 2 aromatic carbocycles. The summed E-state index contributed by atoms with van der Waals surface area (Å²) >= 11 is 0. The largest absolute Gasteiger partial charge is 0.331 e. The van der Waals surface area contributed by atoms with Crippen molar-refractivity contribution >= 4 is 17.7 Å². The number of amides is 3. The van der Waals surface area contributed by atoms with Gasteiger partial charge in [-0.1, -0.05) is 30.3 Å². The third kappa shape index (κ3) is 3.36. The van der Waals surface area contributed by atoms with Crippen molar-refractivity contribution in [3.8, 4) is 0 Å². The number of piperazine rings is 1. The van der Waals surface area contributed by atoms with Gasteiger partial charge in [0, 0.05) is 5.56 Å². The molecule has 2 aliphatic heterocycles. The Bertz CT molecular complexity index is 838. The second-order valence-electron chi connectivity index (χ2n) is 6.97. The summed E-state index contributed by atoms with van der Waals surface area (Å²) in [7, 11) is 0. The van der Waals surface area contributed by atoms with E-state index >= 15 is 0 Å². The Kier molecular flexibility index (Phi) is 4.73. The SMILES string of the molecule is O=C(c1ccccc1)N1CC[NH+](CCN2C(=O)c3ccccc3C2=O)CC1. The van der Waals surface area contributed by atoms with E-state index in [0.29, 0.717) is 42.9 Å². The molecule has 0 unspecified atom stereocenters. The maximum absolute atomic E-state index is 12.5. The van der Waals surface area contributed by atoms with E-state index in [-0.39, 0.29) is 17.7 Å². The summed E-state index contributed by atoms with van der Waals surface area (Å²) in [5.41, 5.74) is 1.71. The Morgan fingerprint density at radius 3 is 2.00 bits per heavy atom. The van der Waals surface area contributed by atoms with E-state index in [0.717, 1.165) is 13.1 Å². The number of carbonyl (C=O) groups excluding carboxylic acids is 3. The van der Waals surface area contributed by atoms with E-state index in [1.165, 1.54) is 9.80 Å². The van der Waals surface area contributed by atoms with Crippen molar-refractivity contribution in [3.05, 3.63) is 71.3 Å². The van der Waals surface area contributed by atoms with Crippen LogP contribution in [0.2, 0.25) is 0 Å². The number of hydrogen-bond donors (Lipinski definition) is 1. The van der Waals surface area contributed by atoms with E-state index in [2.05, 4.69) is 0 Å². The van der Waals surface area contributed by atoms with Crippen LogP contribution in [0, 0.1) is 0 Å². The molecule has 6 heteroatoms. The van der Waals surface area contributed by atoms with Crippen molar-refractivity contribution in [1.82, 2.24) is 9.80 Å². The number of hydrogen-bond acceptors (Lipinski definition) is 3. The molecule has 2 heterocycles. The Hall–Kier alpha value is -2.99. The zero-order chi connectivity index (χ0) is 18.8. The summed E-state index contributed by atoms with van der Waals surface area (Å²) in [5.74, 6) is -0.337. The highest BCUT2D eigenvalue weighted by atomic mass is 16.2. The third-order valence-corrected chi connectivity index (χ3v) is 5.35. The Morgan fingerprint density at radius 2 is 1.41 bits per heavy atom. The molecule has 0 radical (unpaired) electrons. The zero-order valence-electron chi connectivity index (χ0n) is 15.1. The van der Waals surface area contributed by atoms with Gasteiger partial charge in [-0.3, -0.25) is 19.3 Å². The number of imide groups is 1. The molecular weight excluding hydrogens is 342 g/mol. The molecule has 2 aromatic rings. The minimum absolute atomic E-state index is 0.0648. The standard InChI is InChI=1S/C21H21N3O3/c25-19(16-6-2-1-3-7-16)23-13-10-22(11-14-23)12-15-24-20(26)17-8-4-5-9-18(17)21(24)27/h1-9H,10-15H2/p+1. The number of nitrogens with zero attached hydrogens (tertiary/aromatic N) is 2. The van der Waals surface area contributed by atoms with Crippen molar-refractivity contribution in [1.29, 1.82) is 0 Å². The number of benzene rings is 2. The van der Waals surface area contributed by atoms with Crippen molar-refractivity contribution in [2.24, 2.45) is 0 Å². The minimum Gasteiger partial charge on any atom is -0.331 e. The predicted molar refractivity (Wildman–Crippen MR) is 99.7 cm³/mol. The molecule has 1 saturated heterocycles. The van der Waals surface area contributed by atoms with E-state index in [4.69, 9.17) is 0 Å². The molecule has 0 aliphatic carbocycles. The lowest BCUT2D eigenvalue weighted by atomic mass is 10.1.